The highest BCUT2D eigenvalue weighted by Crippen LogP contribution is 2.52. The van der Waals surface area contributed by atoms with E-state index in [1.54, 1.807) is 13.0 Å². The molecule has 2 aliphatic rings. The van der Waals surface area contributed by atoms with E-state index in [4.69, 9.17) is 17.8 Å². The molecule has 3 rings (SSSR count). The van der Waals surface area contributed by atoms with Crippen molar-refractivity contribution in [3.8, 4) is 0 Å². The van der Waals surface area contributed by atoms with E-state index in [-0.39, 0.29) is 28.9 Å². The maximum Gasteiger partial charge on any atom is 0.332 e. The van der Waals surface area contributed by atoms with Crippen LogP contribution in [0.3, 0.4) is 0 Å². The summed E-state index contributed by atoms with van der Waals surface area (Å²) < 4.78 is 55.0. The van der Waals surface area contributed by atoms with Crippen molar-refractivity contribution >= 4 is 26.8 Å². The van der Waals surface area contributed by atoms with E-state index in [0.29, 0.717) is 5.56 Å². The quantitative estimate of drug-likeness (QED) is 0.242. The maximum atomic E-state index is 13.6. The summed E-state index contributed by atoms with van der Waals surface area (Å²) >= 11 is 0. The third-order valence-corrected chi connectivity index (χ3v) is 19.2. The van der Waals surface area contributed by atoms with Crippen LogP contribution in [0.5, 0.6) is 0 Å². The molecule has 11 nitrogen and oxygen atoms in total. The zero-order chi connectivity index (χ0) is 32.3. The number of ether oxygens (including phenoxy) is 1. The van der Waals surface area contributed by atoms with Crippen molar-refractivity contribution in [3.05, 3.63) is 56.4 Å². The van der Waals surface area contributed by atoms with Crippen LogP contribution in [0.15, 0.2) is 39.5 Å². The molecule has 1 N–H and O–H groups in total. The number of nitrogens with zero attached hydrogens (tertiary/aromatic N) is 2. The van der Waals surface area contributed by atoms with Crippen LogP contribution in [-0.4, -0.2) is 65.1 Å². The van der Waals surface area contributed by atoms with Crippen LogP contribution >= 0.6 is 0 Å². The van der Waals surface area contributed by atoms with Gasteiger partial charge < -0.3 is 18.9 Å². The molecule has 42 heavy (non-hydrogen) atoms. The molecule has 14 heteroatoms. The first kappa shape index (κ1) is 34.7. The van der Waals surface area contributed by atoms with Crippen molar-refractivity contribution in [1.29, 1.82) is 0 Å². The van der Waals surface area contributed by atoms with Crippen molar-refractivity contribution in [1.82, 2.24) is 14.5 Å². The molecule has 0 amide bonds. The highest BCUT2D eigenvalue weighted by molar-refractivity contribution is 7.90. The second-order valence-corrected chi connectivity index (χ2v) is 25.3. The van der Waals surface area contributed by atoms with E-state index in [2.05, 4.69) is 66.5 Å². The van der Waals surface area contributed by atoms with Gasteiger partial charge in [-0.3, -0.25) is 13.9 Å². The summed E-state index contributed by atoms with van der Waals surface area (Å²) in [5.74, 6) is 0. The van der Waals surface area contributed by atoms with Gasteiger partial charge in [-0.1, -0.05) is 47.6 Å². The Balaban J connectivity index is 2.34. The lowest BCUT2D eigenvalue weighted by Gasteiger charge is -2.44. The average molecular weight is 644 g/mol. The van der Waals surface area contributed by atoms with Gasteiger partial charge in [0.1, 0.15) is 12.2 Å². The normalized spacial score (nSPS) is 26.5. The van der Waals surface area contributed by atoms with Crippen molar-refractivity contribution in [2.45, 2.75) is 109 Å². The Bertz CT molecular complexity index is 1470. The number of hydrogen-bond acceptors (Lipinski definition) is 9. The van der Waals surface area contributed by atoms with E-state index in [9.17, 15) is 18.0 Å². The van der Waals surface area contributed by atoms with Crippen molar-refractivity contribution < 1.29 is 26.2 Å². The van der Waals surface area contributed by atoms with Gasteiger partial charge in [0.2, 0.25) is 0 Å². The van der Waals surface area contributed by atoms with Crippen molar-refractivity contribution in [2.24, 2.45) is 7.05 Å². The van der Waals surface area contributed by atoms with Gasteiger partial charge in [0, 0.05) is 25.4 Å². The average Bonchev–Trinajstić information content (AvgIpc) is 3.28. The molecule has 1 aromatic rings. The van der Waals surface area contributed by atoms with Crippen LogP contribution < -0.4 is 16.6 Å². The molecule has 4 atom stereocenters. The van der Waals surface area contributed by atoms with Gasteiger partial charge in [-0.15, -0.1) is 6.58 Å². The molecule has 1 spiro atoms. The lowest BCUT2D eigenvalue weighted by atomic mass is 9.89. The lowest BCUT2D eigenvalue weighted by Crippen LogP contribution is -2.60. The van der Waals surface area contributed by atoms with Gasteiger partial charge >= 0.3 is 5.69 Å². The van der Waals surface area contributed by atoms with Crippen molar-refractivity contribution in [2.75, 3.05) is 13.2 Å². The van der Waals surface area contributed by atoms with Gasteiger partial charge in [0.05, 0.1) is 17.7 Å². The summed E-state index contributed by atoms with van der Waals surface area (Å²) in [7, 11) is -7.80. The summed E-state index contributed by atoms with van der Waals surface area (Å²) in [6.07, 6.45) is -0.171. The number of aromatic nitrogens is 2. The maximum absolute atomic E-state index is 13.6. The summed E-state index contributed by atoms with van der Waals surface area (Å²) in [4.78, 5) is 26.2. The van der Waals surface area contributed by atoms with Crippen LogP contribution in [-0.2, 0) is 34.9 Å². The van der Waals surface area contributed by atoms with Gasteiger partial charge in [-0.2, -0.15) is 8.42 Å². The minimum Gasteiger partial charge on any atom is -0.414 e. The van der Waals surface area contributed by atoms with Gasteiger partial charge in [-0.05, 0) is 43.2 Å². The minimum absolute atomic E-state index is 0.00746. The number of nitrogens with one attached hydrogen (secondary N) is 1. The minimum atomic E-state index is -4.19. The SMILES string of the molecule is C=CCNC1=CS(=O)(=O)OC12C(CO[Si](C)(C)C(C)(C)C)O[C@@H](n1cc(C)c(=O)n(C)c1=O)[C@@H]2O[Si](C)(C)C(C)(C)C. The number of rotatable bonds is 9. The molecule has 0 aromatic carbocycles. The first-order valence-corrected chi connectivity index (χ1v) is 21.5. The van der Waals surface area contributed by atoms with Gasteiger partial charge in [-0.25, -0.2) is 8.98 Å². The zero-order valence-corrected chi connectivity index (χ0v) is 30.0. The lowest BCUT2D eigenvalue weighted by molar-refractivity contribution is -0.0572. The molecule has 1 saturated heterocycles. The molecule has 0 aliphatic carbocycles. The largest absolute Gasteiger partial charge is 0.414 e. The molecule has 1 aromatic heterocycles. The monoisotopic (exact) mass is 643 g/mol. The first-order valence-electron chi connectivity index (χ1n) is 14.2. The molecule has 1 fully saturated rings. The second-order valence-electron chi connectivity index (χ2n) is 14.3. The highest BCUT2D eigenvalue weighted by atomic mass is 32.2. The van der Waals surface area contributed by atoms with E-state index < -0.39 is 62.0 Å². The predicted molar refractivity (Wildman–Crippen MR) is 169 cm³/mol. The Morgan fingerprint density at radius 2 is 1.67 bits per heavy atom. The molecule has 2 unspecified atom stereocenters. The summed E-state index contributed by atoms with van der Waals surface area (Å²) in [5, 5.41) is 3.79. The van der Waals surface area contributed by atoms with Crippen LogP contribution in [0.2, 0.25) is 36.3 Å². The fourth-order valence-electron chi connectivity index (χ4n) is 4.56. The number of hydrogen-bond donors (Lipinski definition) is 1. The van der Waals surface area contributed by atoms with Crippen LogP contribution in [0.1, 0.15) is 53.3 Å². The zero-order valence-electron chi connectivity index (χ0n) is 27.2. The molecule has 3 heterocycles. The Hall–Kier alpha value is -1.82. The Morgan fingerprint density at radius 3 is 2.19 bits per heavy atom. The fraction of sp³-hybridized carbons (Fsp3) is 0.714. The summed E-state index contributed by atoms with van der Waals surface area (Å²) in [6, 6.07) is 0. The van der Waals surface area contributed by atoms with E-state index in [1.807, 2.05) is 13.1 Å². The Kier molecular flexibility index (Phi) is 9.31. The molecule has 0 bridgehead atoms. The van der Waals surface area contributed by atoms with Crippen LogP contribution in [0, 0.1) is 6.92 Å². The molecule has 2 aliphatic heterocycles. The molecular weight excluding hydrogens is 595 g/mol. The third-order valence-electron chi connectivity index (χ3n) is 9.22. The Morgan fingerprint density at radius 1 is 1.10 bits per heavy atom. The van der Waals surface area contributed by atoms with E-state index in [0.717, 1.165) is 9.98 Å². The first-order chi connectivity index (χ1) is 18.9. The Labute approximate surface area is 252 Å². The molecular formula is C28H49N3O8SSi2. The van der Waals surface area contributed by atoms with Crippen LogP contribution in [0.25, 0.3) is 0 Å². The summed E-state index contributed by atoms with van der Waals surface area (Å²) in [5.41, 5.74) is -2.19. The predicted octanol–water partition coefficient (Wildman–Crippen LogP) is 3.88. The van der Waals surface area contributed by atoms with E-state index >= 15 is 0 Å². The van der Waals surface area contributed by atoms with Crippen molar-refractivity contribution in [3.63, 3.8) is 0 Å². The summed E-state index contributed by atoms with van der Waals surface area (Å²) in [6.45, 7) is 26.4. The second kappa shape index (κ2) is 11.3. The topological polar surface area (TPSA) is 127 Å². The fourth-order valence-corrected chi connectivity index (χ4v) is 8.13. The molecule has 238 valence electrons. The molecule has 0 saturated carbocycles. The van der Waals surface area contributed by atoms with Gasteiger partial charge in [0.25, 0.3) is 15.7 Å². The molecule has 0 radical (unpaired) electrons. The van der Waals surface area contributed by atoms with E-state index in [1.165, 1.54) is 17.8 Å². The highest BCUT2D eigenvalue weighted by Gasteiger charge is 2.68. The third kappa shape index (κ3) is 6.21. The van der Waals surface area contributed by atoms with Crippen LogP contribution in [0.4, 0.5) is 0 Å². The number of aryl methyl sites for hydroxylation is 1. The van der Waals surface area contributed by atoms with Gasteiger partial charge in [0.15, 0.2) is 28.5 Å². The standard InChI is InChI=1S/C28H49N3O8SSi2/c1-14-15-29-20-18-40(34,35)39-28(20)21(17-36-41(10,11)26(3,4)5)37-24(22(28)38-42(12,13)27(6,7)8)31-16-19(2)23(32)30(9)25(31)33/h14,16,18,21-22,24,29H,1,15,17H2,2-13H3/t21?,22-,24+,28?/m0/s1. The smallest absolute Gasteiger partial charge is 0.332 e.